The van der Waals surface area contributed by atoms with Crippen LogP contribution in [0, 0.1) is 6.92 Å². The van der Waals surface area contributed by atoms with Gasteiger partial charge in [-0.3, -0.25) is 14.4 Å². The van der Waals surface area contributed by atoms with Crippen molar-refractivity contribution in [2.45, 2.75) is 37.3 Å². The third-order valence-corrected chi connectivity index (χ3v) is 7.21. The lowest BCUT2D eigenvalue weighted by Crippen LogP contribution is -2.30. The van der Waals surface area contributed by atoms with Crippen molar-refractivity contribution in [3.63, 3.8) is 0 Å². The van der Waals surface area contributed by atoms with E-state index in [0.29, 0.717) is 17.0 Å². The molecule has 0 spiro atoms. The average Bonchev–Trinajstić information content (AvgIpc) is 3.47. The molecule has 0 aliphatic carbocycles. The normalized spacial score (nSPS) is 11.9. The summed E-state index contributed by atoms with van der Waals surface area (Å²) in [5.74, 6) is -0.615. The topological polar surface area (TPSA) is 100 Å². The van der Waals surface area contributed by atoms with Crippen molar-refractivity contribution in [2.24, 2.45) is 0 Å². The Labute approximate surface area is 238 Å². The van der Waals surface area contributed by atoms with E-state index in [-0.39, 0.29) is 16.9 Å². The van der Waals surface area contributed by atoms with Gasteiger partial charge in [0.15, 0.2) is 0 Å². The molecular formula is C32H31N3O4S. The lowest BCUT2D eigenvalue weighted by atomic mass is 10.1. The quantitative estimate of drug-likeness (QED) is 0.150. The molecule has 0 fully saturated rings. The molecule has 3 aromatic carbocycles. The van der Waals surface area contributed by atoms with Crippen LogP contribution in [0.4, 0.5) is 11.4 Å². The van der Waals surface area contributed by atoms with Gasteiger partial charge in [0.2, 0.25) is 5.91 Å². The number of aryl methyl sites for hydroxylation is 2. The summed E-state index contributed by atoms with van der Waals surface area (Å²) in [6.45, 7) is 5.89. The molecule has 1 unspecified atom stereocenters. The van der Waals surface area contributed by atoms with Crippen molar-refractivity contribution in [2.75, 3.05) is 10.6 Å². The highest BCUT2D eigenvalue weighted by Crippen LogP contribution is 2.28. The summed E-state index contributed by atoms with van der Waals surface area (Å²) in [5.41, 5.74) is 3.94. The van der Waals surface area contributed by atoms with Crippen molar-refractivity contribution < 1.29 is 18.8 Å². The lowest BCUT2D eigenvalue weighted by Gasteiger charge is -2.17. The zero-order chi connectivity index (χ0) is 28.5. The van der Waals surface area contributed by atoms with Gasteiger partial charge in [0, 0.05) is 27.9 Å². The van der Waals surface area contributed by atoms with Crippen LogP contribution in [-0.2, 0) is 16.0 Å². The number of carbonyl (C=O) groups excluding carboxylic acids is 3. The number of thioether (sulfide) groups is 1. The van der Waals surface area contributed by atoms with E-state index in [0.717, 1.165) is 28.1 Å². The molecule has 8 heteroatoms. The van der Waals surface area contributed by atoms with Gasteiger partial charge in [0.25, 0.3) is 11.8 Å². The molecular weight excluding hydrogens is 522 g/mol. The van der Waals surface area contributed by atoms with Crippen LogP contribution in [0.15, 0.2) is 106 Å². The van der Waals surface area contributed by atoms with E-state index in [9.17, 15) is 14.4 Å². The minimum atomic E-state index is -0.514. The van der Waals surface area contributed by atoms with Gasteiger partial charge >= 0.3 is 0 Å². The van der Waals surface area contributed by atoms with Gasteiger partial charge in [-0.2, -0.15) is 0 Å². The third-order valence-electron chi connectivity index (χ3n) is 6.12. The molecule has 1 atom stereocenters. The van der Waals surface area contributed by atoms with Gasteiger partial charge in [0.05, 0.1) is 11.5 Å². The first kappa shape index (κ1) is 28.4. The van der Waals surface area contributed by atoms with E-state index in [4.69, 9.17) is 4.42 Å². The third kappa shape index (κ3) is 7.51. The van der Waals surface area contributed by atoms with Crippen molar-refractivity contribution >= 4 is 46.9 Å². The second kappa shape index (κ2) is 13.5. The molecule has 4 aromatic rings. The second-order valence-electron chi connectivity index (χ2n) is 9.09. The van der Waals surface area contributed by atoms with Gasteiger partial charge < -0.3 is 20.4 Å². The standard InChI is InChI=1S/C32H31N3O4S/c1-4-23-14-8-11-21(2)29(23)35-30(36)22(3)40-27-17-9-15-25(19-27)33-32(38)28(20-26-16-10-18-39-26)34-31(37)24-12-6-5-7-13-24/h5-20,22H,4H2,1-3H3,(H,33,38)(H,34,37)(H,35,36)/b28-20-. The van der Waals surface area contributed by atoms with Gasteiger partial charge in [-0.1, -0.05) is 49.4 Å². The molecule has 4 rings (SSSR count). The number of hydrogen-bond donors (Lipinski definition) is 3. The summed E-state index contributed by atoms with van der Waals surface area (Å²) in [6, 6.07) is 25.2. The minimum absolute atomic E-state index is 0.0274. The number of hydrogen-bond acceptors (Lipinski definition) is 5. The number of carbonyl (C=O) groups is 3. The number of benzene rings is 3. The Hall–Kier alpha value is -4.56. The Morgan fingerprint density at radius 3 is 2.42 bits per heavy atom. The van der Waals surface area contributed by atoms with Crippen LogP contribution in [0.1, 0.15) is 41.1 Å². The summed E-state index contributed by atoms with van der Waals surface area (Å²) >= 11 is 1.39. The molecule has 3 amide bonds. The zero-order valence-corrected chi connectivity index (χ0v) is 23.4. The Bertz CT molecular complexity index is 1510. The molecule has 0 aliphatic heterocycles. The smallest absolute Gasteiger partial charge is 0.272 e. The van der Waals surface area contributed by atoms with Crippen LogP contribution in [-0.4, -0.2) is 23.0 Å². The predicted octanol–water partition coefficient (Wildman–Crippen LogP) is 6.68. The molecule has 3 N–H and O–H groups in total. The molecule has 0 saturated heterocycles. The zero-order valence-electron chi connectivity index (χ0n) is 22.6. The first-order chi connectivity index (χ1) is 19.3. The fourth-order valence-electron chi connectivity index (χ4n) is 3.99. The Morgan fingerprint density at radius 1 is 0.925 bits per heavy atom. The monoisotopic (exact) mass is 553 g/mol. The summed E-state index contributed by atoms with van der Waals surface area (Å²) in [6.07, 6.45) is 3.78. The summed E-state index contributed by atoms with van der Waals surface area (Å²) in [4.78, 5) is 39.8. The lowest BCUT2D eigenvalue weighted by molar-refractivity contribution is -0.115. The van der Waals surface area contributed by atoms with E-state index < -0.39 is 11.8 Å². The fourth-order valence-corrected chi connectivity index (χ4v) is 4.91. The molecule has 40 heavy (non-hydrogen) atoms. The van der Waals surface area contributed by atoms with E-state index in [2.05, 4.69) is 22.9 Å². The summed E-state index contributed by atoms with van der Waals surface area (Å²) < 4.78 is 5.35. The van der Waals surface area contributed by atoms with Crippen LogP contribution in [0.2, 0.25) is 0 Å². The van der Waals surface area contributed by atoms with Gasteiger partial charge in [0.1, 0.15) is 11.5 Å². The summed E-state index contributed by atoms with van der Waals surface area (Å²) in [5, 5.41) is 8.22. The van der Waals surface area contributed by atoms with Crippen LogP contribution in [0.3, 0.4) is 0 Å². The van der Waals surface area contributed by atoms with Crippen molar-refractivity contribution in [3.05, 3.63) is 119 Å². The van der Waals surface area contributed by atoms with Crippen molar-refractivity contribution in [1.29, 1.82) is 0 Å². The number of nitrogens with one attached hydrogen (secondary N) is 3. The Kier molecular flexibility index (Phi) is 9.59. The highest BCUT2D eigenvalue weighted by molar-refractivity contribution is 8.00. The van der Waals surface area contributed by atoms with Gasteiger partial charge in [-0.25, -0.2) is 0 Å². The maximum atomic E-state index is 13.2. The molecule has 0 radical (unpaired) electrons. The van der Waals surface area contributed by atoms with Crippen molar-refractivity contribution in [1.82, 2.24) is 5.32 Å². The number of amides is 3. The molecule has 0 bridgehead atoms. The Balaban J connectivity index is 1.45. The molecule has 1 heterocycles. The van der Waals surface area contributed by atoms with Crippen LogP contribution < -0.4 is 16.0 Å². The van der Waals surface area contributed by atoms with E-state index in [1.165, 1.54) is 24.1 Å². The van der Waals surface area contributed by atoms with Crippen LogP contribution >= 0.6 is 11.8 Å². The molecule has 204 valence electrons. The number of rotatable bonds is 10. The second-order valence-corrected chi connectivity index (χ2v) is 10.5. The van der Waals surface area contributed by atoms with Crippen LogP contribution in [0.5, 0.6) is 0 Å². The SMILES string of the molecule is CCc1cccc(C)c1NC(=O)C(C)Sc1cccc(NC(=O)/C(=C/c2ccco2)NC(=O)c2ccccc2)c1. The highest BCUT2D eigenvalue weighted by Gasteiger charge is 2.19. The highest BCUT2D eigenvalue weighted by atomic mass is 32.2. The van der Waals surface area contributed by atoms with Crippen LogP contribution in [0.25, 0.3) is 6.08 Å². The van der Waals surface area contributed by atoms with E-state index >= 15 is 0 Å². The minimum Gasteiger partial charge on any atom is -0.465 e. The number of para-hydroxylation sites is 1. The first-order valence-electron chi connectivity index (χ1n) is 12.9. The average molecular weight is 554 g/mol. The number of anilines is 2. The maximum absolute atomic E-state index is 13.2. The molecule has 0 aliphatic rings. The predicted molar refractivity (Wildman–Crippen MR) is 160 cm³/mol. The number of furan rings is 1. The van der Waals surface area contributed by atoms with Crippen molar-refractivity contribution in [3.8, 4) is 0 Å². The largest absolute Gasteiger partial charge is 0.465 e. The van der Waals surface area contributed by atoms with Gasteiger partial charge in [-0.15, -0.1) is 11.8 Å². The fraction of sp³-hybridized carbons (Fsp3) is 0.156. The maximum Gasteiger partial charge on any atom is 0.272 e. The summed E-state index contributed by atoms with van der Waals surface area (Å²) in [7, 11) is 0. The first-order valence-corrected chi connectivity index (χ1v) is 13.8. The van der Waals surface area contributed by atoms with E-state index in [1.807, 2.05) is 44.2 Å². The molecule has 0 saturated carbocycles. The van der Waals surface area contributed by atoms with E-state index in [1.54, 1.807) is 54.6 Å². The molecule has 7 nitrogen and oxygen atoms in total. The Morgan fingerprint density at radius 2 is 1.70 bits per heavy atom. The molecule has 1 aromatic heterocycles. The van der Waals surface area contributed by atoms with Gasteiger partial charge in [-0.05, 0) is 73.9 Å².